The second-order valence-electron chi connectivity index (χ2n) is 7.11. The van der Waals surface area contributed by atoms with Gasteiger partial charge in [0.05, 0.1) is 11.9 Å². The second-order valence-corrected chi connectivity index (χ2v) is 7.11. The Labute approximate surface area is 153 Å². The molecule has 1 aliphatic heterocycles. The van der Waals surface area contributed by atoms with E-state index in [0.29, 0.717) is 17.5 Å². The van der Waals surface area contributed by atoms with Gasteiger partial charge in [0, 0.05) is 38.8 Å². The molecule has 4 nitrogen and oxygen atoms in total. The summed E-state index contributed by atoms with van der Waals surface area (Å²) in [6.07, 6.45) is 0. The van der Waals surface area contributed by atoms with Crippen LogP contribution in [0.2, 0.25) is 0 Å². The number of para-hydroxylation sites is 1. The summed E-state index contributed by atoms with van der Waals surface area (Å²) in [5.74, 6) is 0.751. The molecule has 0 saturated carbocycles. The molecule has 0 amide bonds. The Morgan fingerprint density at radius 2 is 1.54 bits per heavy atom. The third kappa shape index (κ3) is 3.87. The molecule has 4 heteroatoms. The molecule has 1 aromatic heterocycles. The van der Waals surface area contributed by atoms with Crippen LogP contribution in [0.25, 0.3) is 11.0 Å². The zero-order valence-electron chi connectivity index (χ0n) is 15.1. The molecular weight excluding hydrogens is 324 g/mol. The zero-order chi connectivity index (χ0) is 17.9. The van der Waals surface area contributed by atoms with Gasteiger partial charge in [-0.15, -0.1) is 0 Å². The first-order valence-corrected chi connectivity index (χ1v) is 9.19. The molecule has 0 bridgehead atoms. The normalized spacial score (nSPS) is 16.2. The molecule has 1 fully saturated rings. The Hall–Kier alpha value is -2.43. The SMILES string of the molecule is Cc1ccc(CN2CCN(Cc3cc(=O)c4ccccc4o3)CC2)cc1. The van der Waals surface area contributed by atoms with Crippen LogP contribution >= 0.6 is 0 Å². The third-order valence-corrected chi connectivity index (χ3v) is 5.06. The minimum absolute atomic E-state index is 0.0415. The predicted molar refractivity (Wildman–Crippen MR) is 104 cm³/mol. The molecule has 1 aliphatic rings. The van der Waals surface area contributed by atoms with Gasteiger partial charge in [0.25, 0.3) is 0 Å². The highest BCUT2D eigenvalue weighted by Crippen LogP contribution is 2.15. The van der Waals surface area contributed by atoms with Crippen molar-refractivity contribution in [3.05, 3.63) is 81.7 Å². The Bertz CT molecular complexity index is 938. The zero-order valence-corrected chi connectivity index (χ0v) is 15.1. The van der Waals surface area contributed by atoms with Crippen LogP contribution in [0, 0.1) is 6.92 Å². The molecule has 0 aliphatic carbocycles. The number of hydrogen-bond acceptors (Lipinski definition) is 4. The average Bonchev–Trinajstić information content (AvgIpc) is 2.65. The molecule has 0 unspecified atom stereocenters. The smallest absolute Gasteiger partial charge is 0.192 e. The summed E-state index contributed by atoms with van der Waals surface area (Å²) in [7, 11) is 0. The number of nitrogens with zero attached hydrogens (tertiary/aromatic N) is 2. The molecule has 0 atom stereocenters. The van der Waals surface area contributed by atoms with Gasteiger partial charge in [0.1, 0.15) is 11.3 Å². The quantitative estimate of drug-likeness (QED) is 0.724. The van der Waals surface area contributed by atoms with Crippen LogP contribution in [0.1, 0.15) is 16.9 Å². The molecule has 26 heavy (non-hydrogen) atoms. The van der Waals surface area contributed by atoms with Crippen molar-refractivity contribution in [1.82, 2.24) is 9.80 Å². The highest BCUT2D eigenvalue weighted by atomic mass is 16.3. The average molecular weight is 348 g/mol. The van der Waals surface area contributed by atoms with E-state index < -0.39 is 0 Å². The van der Waals surface area contributed by atoms with Crippen molar-refractivity contribution >= 4 is 11.0 Å². The maximum absolute atomic E-state index is 12.2. The number of piperazine rings is 1. The first-order chi connectivity index (χ1) is 12.7. The van der Waals surface area contributed by atoms with Crippen LogP contribution < -0.4 is 5.43 Å². The van der Waals surface area contributed by atoms with Crippen molar-refractivity contribution < 1.29 is 4.42 Å². The summed E-state index contributed by atoms with van der Waals surface area (Å²) in [6.45, 7) is 7.85. The summed E-state index contributed by atoms with van der Waals surface area (Å²) in [5, 5.41) is 0.652. The van der Waals surface area contributed by atoms with Gasteiger partial charge < -0.3 is 4.42 Å². The van der Waals surface area contributed by atoms with Gasteiger partial charge in [0.2, 0.25) is 0 Å². The van der Waals surface area contributed by atoms with Crippen LogP contribution in [-0.2, 0) is 13.1 Å². The molecule has 0 radical (unpaired) electrons. The van der Waals surface area contributed by atoms with Gasteiger partial charge in [0.15, 0.2) is 5.43 Å². The molecular formula is C22H24N2O2. The predicted octanol–water partition coefficient (Wildman–Crippen LogP) is 3.42. The summed E-state index contributed by atoms with van der Waals surface area (Å²) in [5.41, 5.74) is 3.38. The van der Waals surface area contributed by atoms with Crippen molar-refractivity contribution in [3.63, 3.8) is 0 Å². The lowest BCUT2D eigenvalue weighted by molar-refractivity contribution is 0.116. The molecule has 1 saturated heterocycles. The monoisotopic (exact) mass is 348 g/mol. The van der Waals surface area contributed by atoms with E-state index in [1.54, 1.807) is 6.07 Å². The van der Waals surface area contributed by atoms with Crippen molar-refractivity contribution in [1.29, 1.82) is 0 Å². The minimum Gasteiger partial charge on any atom is -0.459 e. The first kappa shape index (κ1) is 17.0. The van der Waals surface area contributed by atoms with E-state index in [-0.39, 0.29) is 5.43 Å². The molecule has 4 rings (SSSR count). The fraction of sp³-hybridized carbons (Fsp3) is 0.318. The van der Waals surface area contributed by atoms with E-state index in [4.69, 9.17) is 4.42 Å². The van der Waals surface area contributed by atoms with Gasteiger partial charge in [-0.25, -0.2) is 0 Å². The maximum Gasteiger partial charge on any atom is 0.192 e. The number of hydrogen-bond donors (Lipinski definition) is 0. The van der Waals surface area contributed by atoms with E-state index in [1.165, 1.54) is 11.1 Å². The van der Waals surface area contributed by atoms with Gasteiger partial charge in [-0.1, -0.05) is 42.0 Å². The highest BCUT2D eigenvalue weighted by molar-refractivity contribution is 5.76. The van der Waals surface area contributed by atoms with Crippen LogP contribution in [0.3, 0.4) is 0 Å². The number of aryl methyl sites for hydroxylation is 1. The van der Waals surface area contributed by atoms with E-state index in [1.807, 2.05) is 24.3 Å². The molecule has 0 spiro atoms. The molecule has 2 aromatic carbocycles. The number of rotatable bonds is 4. The lowest BCUT2D eigenvalue weighted by Crippen LogP contribution is -2.45. The second kappa shape index (κ2) is 7.44. The fourth-order valence-electron chi connectivity index (χ4n) is 3.51. The summed E-state index contributed by atoms with van der Waals surface area (Å²) < 4.78 is 5.92. The van der Waals surface area contributed by atoms with E-state index in [9.17, 15) is 4.79 Å². The van der Waals surface area contributed by atoms with Crippen LogP contribution in [0.15, 0.2) is 63.8 Å². The van der Waals surface area contributed by atoms with E-state index in [2.05, 4.69) is 41.0 Å². The lowest BCUT2D eigenvalue weighted by atomic mass is 10.1. The van der Waals surface area contributed by atoms with Crippen LogP contribution in [0.5, 0.6) is 0 Å². The van der Waals surface area contributed by atoms with Crippen molar-refractivity contribution in [2.75, 3.05) is 26.2 Å². The fourth-order valence-corrected chi connectivity index (χ4v) is 3.51. The molecule has 134 valence electrons. The lowest BCUT2D eigenvalue weighted by Gasteiger charge is -2.34. The summed E-state index contributed by atoms with van der Waals surface area (Å²) in [4.78, 5) is 17.1. The van der Waals surface area contributed by atoms with Crippen LogP contribution in [-0.4, -0.2) is 36.0 Å². The molecule has 3 aromatic rings. The maximum atomic E-state index is 12.2. The van der Waals surface area contributed by atoms with Crippen molar-refractivity contribution in [3.8, 4) is 0 Å². The van der Waals surface area contributed by atoms with Gasteiger partial charge in [-0.3, -0.25) is 14.6 Å². The third-order valence-electron chi connectivity index (χ3n) is 5.06. The molecule has 2 heterocycles. The summed E-state index contributed by atoms with van der Waals surface area (Å²) >= 11 is 0. The summed E-state index contributed by atoms with van der Waals surface area (Å²) in [6, 6.07) is 17.9. The molecule has 0 N–H and O–H groups in total. The Morgan fingerprint density at radius 1 is 0.885 bits per heavy atom. The first-order valence-electron chi connectivity index (χ1n) is 9.19. The Morgan fingerprint density at radius 3 is 2.27 bits per heavy atom. The highest BCUT2D eigenvalue weighted by Gasteiger charge is 2.18. The van der Waals surface area contributed by atoms with Gasteiger partial charge in [-0.05, 0) is 24.6 Å². The van der Waals surface area contributed by atoms with Gasteiger partial charge >= 0.3 is 0 Å². The number of benzene rings is 2. The van der Waals surface area contributed by atoms with Crippen molar-refractivity contribution in [2.45, 2.75) is 20.0 Å². The number of fused-ring (bicyclic) bond motifs is 1. The Balaban J connectivity index is 1.36. The minimum atomic E-state index is 0.0415. The largest absolute Gasteiger partial charge is 0.459 e. The van der Waals surface area contributed by atoms with E-state index in [0.717, 1.165) is 38.5 Å². The standard InChI is InChI=1S/C22H24N2O2/c1-17-6-8-18(9-7-17)15-23-10-12-24(13-11-23)16-19-14-21(25)20-4-2-3-5-22(20)26-19/h2-9,14H,10-13,15-16H2,1H3. The topological polar surface area (TPSA) is 36.7 Å². The van der Waals surface area contributed by atoms with Gasteiger partial charge in [-0.2, -0.15) is 0 Å². The van der Waals surface area contributed by atoms with Crippen molar-refractivity contribution in [2.24, 2.45) is 0 Å². The van der Waals surface area contributed by atoms with Crippen LogP contribution in [0.4, 0.5) is 0 Å². The Kier molecular flexibility index (Phi) is 4.87. The van der Waals surface area contributed by atoms with E-state index >= 15 is 0 Å².